The molecule has 0 aliphatic carbocycles. The highest BCUT2D eigenvalue weighted by Crippen LogP contribution is 2.13. The van der Waals surface area contributed by atoms with Crippen molar-refractivity contribution in [3.05, 3.63) is 69.7 Å². The van der Waals surface area contributed by atoms with Gasteiger partial charge in [0.1, 0.15) is 6.61 Å². The summed E-state index contributed by atoms with van der Waals surface area (Å²) in [6, 6.07) is 17.1. The van der Waals surface area contributed by atoms with Crippen LogP contribution >= 0.6 is 15.9 Å². The molecule has 0 fully saturated rings. The predicted octanol–water partition coefficient (Wildman–Crippen LogP) is 3.87. The molecular weight excluding hydrogens is 304 g/mol. The first kappa shape index (κ1) is 13.3. The van der Waals surface area contributed by atoms with Crippen molar-refractivity contribution in [1.82, 2.24) is 0 Å². The quantitative estimate of drug-likeness (QED) is 0.635. The lowest BCUT2D eigenvalue weighted by Crippen LogP contribution is -1.89. The van der Waals surface area contributed by atoms with Crippen LogP contribution in [0.2, 0.25) is 0 Å². The predicted molar refractivity (Wildman–Crippen MR) is 77.7 cm³/mol. The van der Waals surface area contributed by atoms with Crippen LogP contribution in [0.25, 0.3) is 0 Å². The number of rotatable bonds is 4. The fourth-order valence-corrected chi connectivity index (χ4v) is 1.90. The Balaban J connectivity index is 1.93. The topological polar surface area (TPSA) is 45.4 Å². The Labute approximate surface area is 120 Å². The zero-order valence-corrected chi connectivity index (χ0v) is 11.7. The summed E-state index contributed by atoms with van der Waals surface area (Å²) in [6.07, 6.45) is 1.65. The van der Waals surface area contributed by atoms with Crippen molar-refractivity contribution < 1.29 is 4.84 Å². The van der Waals surface area contributed by atoms with Crippen LogP contribution in [0.4, 0.5) is 0 Å². The van der Waals surface area contributed by atoms with Crippen molar-refractivity contribution in [2.75, 3.05) is 0 Å². The zero-order chi connectivity index (χ0) is 13.5. The van der Waals surface area contributed by atoms with Gasteiger partial charge >= 0.3 is 0 Å². The van der Waals surface area contributed by atoms with Gasteiger partial charge in [0, 0.05) is 10.0 Å². The fourth-order valence-electron chi connectivity index (χ4n) is 1.52. The summed E-state index contributed by atoms with van der Waals surface area (Å²) in [4.78, 5) is 5.22. The second-order valence-electron chi connectivity index (χ2n) is 3.84. The van der Waals surface area contributed by atoms with Gasteiger partial charge in [0.15, 0.2) is 0 Å². The van der Waals surface area contributed by atoms with E-state index in [2.05, 4.69) is 27.2 Å². The van der Waals surface area contributed by atoms with Crippen LogP contribution in [0.15, 0.2) is 58.2 Å². The van der Waals surface area contributed by atoms with Crippen LogP contribution in [0.3, 0.4) is 0 Å². The van der Waals surface area contributed by atoms with E-state index in [1.54, 1.807) is 18.3 Å². The SMILES string of the molecule is N#Cc1cccc(CON=Cc2ccccc2Br)c1. The number of nitriles is 1. The molecule has 0 saturated heterocycles. The summed E-state index contributed by atoms with van der Waals surface area (Å²) >= 11 is 3.43. The Bertz CT molecular complexity index is 632. The molecule has 0 aliphatic heterocycles. The molecule has 2 rings (SSSR count). The van der Waals surface area contributed by atoms with Crippen LogP contribution in [-0.2, 0) is 11.4 Å². The highest BCUT2D eigenvalue weighted by atomic mass is 79.9. The lowest BCUT2D eigenvalue weighted by atomic mass is 10.1. The Hall–Kier alpha value is -2.12. The van der Waals surface area contributed by atoms with E-state index < -0.39 is 0 Å². The van der Waals surface area contributed by atoms with Gasteiger partial charge in [-0.1, -0.05) is 51.4 Å². The first-order chi connectivity index (χ1) is 9.29. The van der Waals surface area contributed by atoms with E-state index in [1.165, 1.54) is 0 Å². The van der Waals surface area contributed by atoms with Gasteiger partial charge in [-0.25, -0.2) is 0 Å². The molecule has 94 valence electrons. The van der Waals surface area contributed by atoms with Gasteiger partial charge in [0.25, 0.3) is 0 Å². The van der Waals surface area contributed by atoms with Gasteiger partial charge < -0.3 is 4.84 Å². The molecule has 0 spiro atoms. The minimum atomic E-state index is 0.344. The summed E-state index contributed by atoms with van der Waals surface area (Å²) in [5.74, 6) is 0. The molecule has 0 aromatic heterocycles. The Morgan fingerprint density at radius 2 is 2.05 bits per heavy atom. The average molecular weight is 315 g/mol. The first-order valence-corrected chi connectivity index (χ1v) is 6.48. The Kier molecular flexibility index (Phi) is 4.71. The molecule has 0 aliphatic rings. The van der Waals surface area contributed by atoms with E-state index in [0.29, 0.717) is 12.2 Å². The summed E-state index contributed by atoms with van der Waals surface area (Å²) in [5.41, 5.74) is 2.49. The zero-order valence-electron chi connectivity index (χ0n) is 10.1. The average Bonchev–Trinajstić information content (AvgIpc) is 2.45. The van der Waals surface area contributed by atoms with Gasteiger partial charge in [0.05, 0.1) is 17.8 Å². The molecule has 0 radical (unpaired) electrons. The number of nitrogens with zero attached hydrogens (tertiary/aromatic N) is 2. The monoisotopic (exact) mass is 314 g/mol. The first-order valence-electron chi connectivity index (χ1n) is 5.68. The maximum Gasteiger partial charge on any atom is 0.142 e. The standard InChI is InChI=1S/C15H11BrN2O/c16-15-7-2-1-6-14(15)10-18-19-11-13-5-3-4-12(8-13)9-17/h1-8,10H,11H2. The molecule has 0 unspecified atom stereocenters. The highest BCUT2D eigenvalue weighted by Gasteiger charge is 1.96. The molecule has 0 N–H and O–H groups in total. The smallest absolute Gasteiger partial charge is 0.142 e. The highest BCUT2D eigenvalue weighted by molar-refractivity contribution is 9.10. The summed E-state index contributed by atoms with van der Waals surface area (Å²) < 4.78 is 0.967. The number of oxime groups is 1. The fraction of sp³-hybridized carbons (Fsp3) is 0.0667. The van der Waals surface area contributed by atoms with E-state index in [1.807, 2.05) is 36.4 Å². The second-order valence-corrected chi connectivity index (χ2v) is 4.70. The lowest BCUT2D eigenvalue weighted by Gasteiger charge is -2.00. The van der Waals surface area contributed by atoms with Crippen LogP contribution in [0.1, 0.15) is 16.7 Å². The molecule has 0 saturated carbocycles. The third-order valence-electron chi connectivity index (χ3n) is 2.46. The maximum atomic E-state index is 8.79. The normalized spacial score (nSPS) is 10.3. The molecule has 0 heterocycles. The van der Waals surface area contributed by atoms with Crippen molar-refractivity contribution in [3.8, 4) is 6.07 Å². The third kappa shape index (κ3) is 3.94. The molecule has 2 aromatic rings. The van der Waals surface area contributed by atoms with Crippen molar-refractivity contribution in [2.45, 2.75) is 6.61 Å². The molecule has 0 amide bonds. The third-order valence-corrected chi connectivity index (χ3v) is 3.18. The molecule has 0 atom stereocenters. The van der Waals surface area contributed by atoms with Crippen LogP contribution in [0.5, 0.6) is 0 Å². The van der Waals surface area contributed by atoms with E-state index in [0.717, 1.165) is 15.6 Å². The van der Waals surface area contributed by atoms with E-state index in [-0.39, 0.29) is 0 Å². The van der Waals surface area contributed by atoms with E-state index >= 15 is 0 Å². The molecule has 0 bridgehead atoms. The number of hydrogen-bond acceptors (Lipinski definition) is 3. The van der Waals surface area contributed by atoms with Gasteiger partial charge in [-0.15, -0.1) is 0 Å². The van der Waals surface area contributed by atoms with Gasteiger partial charge in [-0.05, 0) is 23.8 Å². The summed E-state index contributed by atoms with van der Waals surface area (Å²) in [6.45, 7) is 0.344. The second kappa shape index (κ2) is 6.72. The van der Waals surface area contributed by atoms with E-state index in [9.17, 15) is 0 Å². The number of halogens is 1. The van der Waals surface area contributed by atoms with Crippen molar-refractivity contribution in [2.24, 2.45) is 5.16 Å². The van der Waals surface area contributed by atoms with Crippen LogP contribution in [0, 0.1) is 11.3 Å². The maximum absolute atomic E-state index is 8.79. The minimum Gasteiger partial charge on any atom is -0.391 e. The number of benzene rings is 2. The lowest BCUT2D eigenvalue weighted by molar-refractivity contribution is 0.132. The van der Waals surface area contributed by atoms with Crippen LogP contribution in [-0.4, -0.2) is 6.21 Å². The van der Waals surface area contributed by atoms with Gasteiger partial charge in [-0.2, -0.15) is 5.26 Å². The largest absolute Gasteiger partial charge is 0.391 e. The van der Waals surface area contributed by atoms with E-state index in [4.69, 9.17) is 10.1 Å². The molecule has 2 aromatic carbocycles. The summed E-state index contributed by atoms with van der Waals surface area (Å²) in [7, 11) is 0. The van der Waals surface area contributed by atoms with Crippen molar-refractivity contribution in [1.29, 1.82) is 5.26 Å². The molecular formula is C15H11BrN2O. The molecule has 19 heavy (non-hydrogen) atoms. The Morgan fingerprint density at radius 3 is 2.84 bits per heavy atom. The van der Waals surface area contributed by atoms with Crippen LogP contribution < -0.4 is 0 Å². The minimum absolute atomic E-state index is 0.344. The van der Waals surface area contributed by atoms with Crippen molar-refractivity contribution in [3.63, 3.8) is 0 Å². The van der Waals surface area contributed by atoms with Gasteiger partial charge in [0.2, 0.25) is 0 Å². The van der Waals surface area contributed by atoms with Gasteiger partial charge in [-0.3, -0.25) is 0 Å². The molecule has 3 nitrogen and oxygen atoms in total. The van der Waals surface area contributed by atoms with Crippen molar-refractivity contribution >= 4 is 22.1 Å². The molecule has 4 heteroatoms. The summed E-state index contributed by atoms with van der Waals surface area (Å²) in [5, 5.41) is 12.7. The number of hydrogen-bond donors (Lipinski definition) is 0. The Morgan fingerprint density at radius 1 is 1.21 bits per heavy atom.